The van der Waals surface area contributed by atoms with E-state index < -0.39 is 17.5 Å². The lowest BCUT2D eigenvalue weighted by atomic mass is 9.95. The summed E-state index contributed by atoms with van der Waals surface area (Å²) in [6.07, 6.45) is 3.16. The minimum Gasteiger partial charge on any atom is -0.493 e. The monoisotopic (exact) mass is 422 g/mol. The average molecular weight is 422 g/mol. The van der Waals surface area contributed by atoms with E-state index in [1.54, 1.807) is 36.7 Å². The maximum Gasteiger partial charge on any atom is 0.322 e. The molecule has 3 aromatic rings. The highest BCUT2D eigenvalue weighted by atomic mass is 16.5. The fourth-order valence-electron chi connectivity index (χ4n) is 4.06. The highest BCUT2D eigenvalue weighted by Gasteiger charge is 2.53. The van der Waals surface area contributed by atoms with Gasteiger partial charge in [-0.2, -0.15) is 0 Å². The summed E-state index contributed by atoms with van der Waals surface area (Å²) in [5, 5.41) is 5.59. The van der Waals surface area contributed by atoms with Crippen molar-refractivity contribution in [2.24, 2.45) is 0 Å². The van der Waals surface area contributed by atoms with Crippen molar-refractivity contribution in [3.05, 3.63) is 53.5 Å². The van der Waals surface area contributed by atoms with Crippen LogP contribution in [-0.4, -0.2) is 48.5 Å². The van der Waals surface area contributed by atoms with Crippen molar-refractivity contribution in [3.63, 3.8) is 0 Å². The molecule has 0 radical (unpaired) electrons. The SMILES string of the molecule is COc1cc2c(cc1OC)C(=O)N(C[C@@]1(c3cc4cnccc4o3)NC(=O)NC1=O)C2. The number of nitrogens with zero attached hydrogens (tertiary/aromatic N) is 2. The van der Waals surface area contributed by atoms with E-state index in [1.807, 2.05) is 0 Å². The van der Waals surface area contributed by atoms with E-state index in [2.05, 4.69) is 15.6 Å². The first-order chi connectivity index (χ1) is 14.9. The highest BCUT2D eigenvalue weighted by molar-refractivity contribution is 6.08. The minimum absolute atomic E-state index is 0.115. The normalized spacial score (nSPS) is 20.1. The largest absolute Gasteiger partial charge is 0.493 e. The number of rotatable bonds is 5. The number of pyridine rings is 1. The zero-order chi connectivity index (χ0) is 21.8. The van der Waals surface area contributed by atoms with E-state index in [4.69, 9.17) is 13.9 Å². The summed E-state index contributed by atoms with van der Waals surface area (Å²) in [5.74, 6) is 0.272. The number of hydrogen-bond acceptors (Lipinski definition) is 7. The van der Waals surface area contributed by atoms with Gasteiger partial charge in [-0.05, 0) is 29.8 Å². The molecule has 10 heteroatoms. The molecule has 1 fully saturated rings. The molecule has 2 N–H and O–H groups in total. The Kier molecular flexibility index (Phi) is 4.10. The summed E-state index contributed by atoms with van der Waals surface area (Å²) in [6.45, 7) is 0.122. The lowest BCUT2D eigenvalue weighted by Gasteiger charge is -2.29. The van der Waals surface area contributed by atoms with Gasteiger partial charge in [0.1, 0.15) is 11.3 Å². The molecule has 0 aliphatic carbocycles. The maximum atomic E-state index is 13.1. The van der Waals surface area contributed by atoms with Gasteiger partial charge in [0, 0.05) is 29.9 Å². The van der Waals surface area contributed by atoms with Crippen LogP contribution >= 0.6 is 0 Å². The number of hydrogen-bond donors (Lipinski definition) is 2. The van der Waals surface area contributed by atoms with Crippen molar-refractivity contribution in [2.45, 2.75) is 12.1 Å². The standard InChI is InChI=1S/C21H18N4O6/c1-29-15-5-12-9-25(18(26)13(12)7-16(15)30-2)10-21(19(27)23-20(28)24-21)17-6-11-8-22-4-3-14(11)31-17/h3-8H,9-10H2,1-2H3,(H2,23,24,27,28)/t21-/m0/s1. The molecule has 1 aromatic carbocycles. The second kappa shape index (κ2) is 6.73. The first-order valence-electron chi connectivity index (χ1n) is 9.47. The zero-order valence-corrected chi connectivity index (χ0v) is 16.7. The highest BCUT2D eigenvalue weighted by Crippen LogP contribution is 2.37. The van der Waals surface area contributed by atoms with Gasteiger partial charge in [0.25, 0.3) is 11.8 Å². The summed E-state index contributed by atoms with van der Waals surface area (Å²) in [4.78, 5) is 43.6. The number of fused-ring (bicyclic) bond motifs is 2. The maximum absolute atomic E-state index is 13.1. The molecule has 158 valence electrons. The van der Waals surface area contributed by atoms with E-state index >= 15 is 0 Å². The molecule has 2 aliphatic rings. The van der Waals surface area contributed by atoms with Gasteiger partial charge in [-0.1, -0.05) is 0 Å². The van der Waals surface area contributed by atoms with Gasteiger partial charge in [0.05, 0.1) is 20.8 Å². The molecule has 4 heterocycles. The van der Waals surface area contributed by atoms with Crippen LogP contribution in [0.5, 0.6) is 11.5 Å². The predicted molar refractivity (Wildman–Crippen MR) is 107 cm³/mol. The van der Waals surface area contributed by atoms with Crippen LogP contribution in [0, 0.1) is 0 Å². The van der Waals surface area contributed by atoms with Gasteiger partial charge >= 0.3 is 6.03 Å². The molecule has 2 aromatic heterocycles. The van der Waals surface area contributed by atoms with Crippen LogP contribution in [-0.2, 0) is 16.9 Å². The number of nitrogens with one attached hydrogen (secondary N) is 2. The van der Waals surface area contributed by atoms with Gasteiger partial charge in [-0.25, -0.2) is 4.79 Å². The number of imide groups is 1. The third-order valence-corrected chi connectivity index (χ3v) is 5.60. The van der Waals surface area contributed by atoms with E-state index in [0.717, 1.165) is 5.56 Å². The minimum atomic E-state index is -1.57. The number of urea groups is 1. The lowest BCUT2D eigenvalue weighted by molar-refractivity contribution is -0.125. The summed E-state index contributed by atoms with van der Waals surface area (Å²) in [6, 6.07) is 6.00. The fraction of sp³-hybridized carbons (Fsp3) is 0.238. The van der Waals surface area contributed by atoms with Crippen molar-refractivity contribution in [3.8, 4) is 11.5 Å². The van der Waals surface area contributed by atoms with E-state index in [0.29, 0.717) is 28.0 Å². The van der Waals surface area contributed by atoms with Gasteiger partial charge < -0.3 is 24.1 Å². The van der Waals surface area contributed by atoms with Crippen LogP contribution in [0.4, 0.5) is 4.79 Å². The van der Waals surface area contributed by atoms with Gasteiger partial charge in [-0.3, -0.25) is 19.9 Å². The van der Waals surface area contributed by atoms with Crippen LogP contribution in [0.3, 0.4) is 0 Å². The van der Waals surface area contributed by atoms with Crippen LogP contribution in [0.15, 0.2) is 41.1 Å². The second-order valence-electron chi connectivity index (χ2n) is 7.36. The molecule has 1 saturated heterocycles. The van der Waals surface area contributed by atoms with E-state index in [-0.39, 0.29) is 24.8 Å². The van der Waals surface area contributed by atoms with E-state index in [1.165, 1.54) is 19.1 Å². The average Bonchev–Trinajstić information content (AvgIpc) is 3.41. The molecule has 0 saturated carbocycles. The second-order valence-corrected chi connectivity index (χ2v) is 7.36. The van der Waals surface area contributed by atoms with Crippen LogP contribution in [0.1, 0.15) is 21.7 Å². The Balaban J connectivity index is 1.54. The Morgan fingerprint density at radius 2 is 1.94 bits per heavy atom. The number of amides is 4. The van der Waals surface area contributed by atoms with Gasteiger partial charge in [-0.15, -0.1) is 0 Å². The summed E-state index contributed by atoms with van der Waals surface area (Å²) in [7, 11) is 3.01. The topological polar surface area (TPSA) is 123 Å². The van der Waals surface area contributed by atoms with Crippen LogP contribution in [0.25, 0.3) is 11.0 Å². The van der Waals surface area contributed by atoms with Crippen molar-refractivity contribution < 1.29 is 28.3 Å². The number of carbonyl (C=O) groups excluding carboxylic acids is 3. The van der Waals surface area contributed by atoms with Crippen LogP contribution < -0.4 is 20.1 Å². The number of carbonyl (C=O) groups is 3. The molecule has 10 nitrogen and oxygen atoms in total. The number of furan rings is 1. The Morgan fingerprint density at radius 1 is 1.16 bits per heavy atom. The summed E-state index contributed by atoms with van der Waals surface area (Å²) < 4.78 is 16.5. The van der Waals surface area contributed by atoms with Gasteiger partial charge in [0.2, 0.25) is 0 Å². The Bertz CT molecular complexity index is 1220. The first-order valence-corrected chi connectivity index (χ1v) is 9.47. The van der Waals surface area contributed by atoms with Crippen LogP contribution in [0.2, 0.25) is 0 Å². The van der Waals surface area contributed by atoms with Crippen molar-refractivity contribution >= 4 is 28.8 Å². The predicted octanol–water partition coefficient (Wildman–Crippen LogP) is 1.54. The third-order valence-electron chi connectivity index (χ3n) is 5.60. The Morgan fingerprint density at radius 3 is 2.61 bits per heavy atom. The first kappa shape index (κ1) is 18.9. The molecule has 31 heavy (non-hydrogen) atoms. The molecular weight excluding hydrogens is 404 g/mol. The molecule has 0 spiro atoms. The molecule has 1 atom stereocenters. The third kappa shape index (κ3) is 2.79. The Labute approximate surface area is 176 Å². The molecule has 0 unspecified atom stereocenters. The quantitative estimate of drug-likeness (QED) is 0.598. The number of methoxy groups -OCH3 is 2. The number of ether oxygens (including phenoxy) is 2. The smallest absolute Gasteiger partial charge is 0.322 e. The summed E-state index contributed by atoms with van der Waals surface area (Å²) in [5.41, 5.74) is 0.133. The number of aromatic nitrogens is 1. The molecule has 4 amide bonds. The fourth-order valence-corrected chi connectivity index (χ4v) is 4.06. The molecular formula is C21H18N4O6. The van der Waals surface area contributed by atoms with Gasteiger partial charge in [0.15, 0.2) is 17.0 Å². The molecule has 2 aliphatic heterocycles. The number of benzene rings is 1. The zero-order valence-electron chi connectivity index (χ0n) is 16.7. The van der Waals surface area contributed by atoms with E-state index in [9.17, 15) is 14.4 Å². The summed E-state index contributed by atoms with van der Waals surface area (Å²) >= 11 is 0. The Hall–Kier alpha value is -4.08. The van der Waals surface area contributed by atoms with Crippen molar-refractivity contribution in [1.82, 2.24) is 20.5 Å². The lowest BCUT2D eigenvalue weighted by Crippen LogP contribution is -2.52. The molecule has 0 bridgehead atoms. The molecule has 5 rings (SSSR count). The van der Waals surface area contributed by atoms with Crippen molar-refractivity contribution in [1.29, 1.82) is 0 Å². The van der Waals surface area contributed by atoms with Crippen molar-refractivity contribution in [2.75, 3.05) is 20.8 Å².